The van der Waals surface area contributed by atoms with Crippen molar-refractivity contribution in [1.82, 2.24) is 4.72 Å². The molecule has 1 aromatic carbocycles. The molecular formula is C14H16ClNO3S2. The Balaban J connectivity index is 2.23. The topological polar surface area (TPSA) is 66.4 Å². The van der Waals surface area contributed by atoms with Crippen LogP contribution in [0.3, 0.4) is 0 Å². The van der Waals surface area contributed by atoms with Gasteiger partial charge < -0.3 is 5.11 Å². The standard InChI is InChI=1S/C14H16ClNO3S2/c1-2-11-5-6-20-13(11)8-16-21(18,19)14-7-10(9-17)3-4-12(14)15/h3-7,16-17H,2,8-9H2,1H3. The van der Waals surface area contributed by atoms with E-state index in [2.05, 4.69) is 4.72 Å². The zero-order valence-corrected chi connectivity index (χ0v) is 13.9. The summed E-state index contributed by atoms with van der Waals surface area (Å²) in [5.41, 5.74) is 1.64. The fourth-order valence-corrected chi connectivity index (χ4v) is 4.48. The lowest BCUT2D eigenvalue weighted by Gasteiger charge is -2.09. The monoisotopic (exact) mass is 345 g/mol. The van der Waals surface area contributed by atoms with Gasteiger partial charge in [-0.25, -0.2) is 13.1 Å². The van der Waals surface area contributed by atoms with Gasteiger partial charge in [0.1, 0.15) is 4.90 Å². The van der Waals surface area contributed by atoms with Crippen LogP contribution in [0, 0.1) is 0 Å². The molecule has 21 heavy (non-hydrogen) atoms. The molecule has 0 saturated heterocycles. The van der Waals surface area contributed by atoms with E-state index in [4.69, 9.17) is 16.7 Å². The van der Waals surface area contributed by atoms with Gasteiger partial charge in [0.05, 0.1) is 11.6 Å². The average molecular weight is 346 g/mol. The first kappa shape index (κ1) is 16.5. The Morgan fingerprint density at radius 2 is 2.10 bits per heavy atom. The lowest BCUT2D eigenvalue weighted by Crippen LogP contribution is -2.23. The van der Waals surface area contributed by atoms with E-state index in [-0.39, 0.29) is 23.1 Å². The minimum atomic E-state index is -3.71. The van der Waals surface area contributed by atoms with Gasteiger partial charge in [-0.3, -0.25) is 0 Å². The number of aryl methyl sites for hydroxylation is 1. The van der Waals surface area contributed by atoms with Crippen molar-refractivity contribution in [2.24, 2.45) is 0 Å². The van der Waals surface area contributed by atoms with Crippen molar-refractivity contribution in [3.8, 4) is 0 Å². The van der Waals surface area contributed by atoms with Crippen molar-refractivity contribution in [3.63, 3.8) is 0 Å². The molecule has 0 saturated carbocycles. The van der Waals surface area contributed by atoms with Gasteiger partial charge in [-0.05, 0) is 41.1 Å². The molecule has 0 aliphatic rings. The summed E-state index contributed by atoms with van der Waals surface area (Å²) in [5, 5.41) is 11.2. The van der Waals surface area contributed by atoms with Gasteiger partial charge in [0.2, 0.25) is 10.0 Å². The molecule has 1 heterocycles. The number of benzene rings is 1. The highest BCUT2D eigenvalue weighted by Crippen LogP contribution is 2.24. The number of aliphatic hydroxyl groups excluding tert-OH is 1. The van der Waals surface area contributed by atoms with Crippen LogP contribution in [-0.2, 0) is 29.6 Å². The third-order valence-electron chi connectivity index (χ3n) is 3.11. The lowest BCUT2D eigenvalue weighted by molar-refractivity contribution is 0.281. The molecule has 0 radical (unpaired) electrons. The lowest BCUT2D eigenvalue weighted by atomic mass is 10.2. The van der Waals surface area contributed by atoms with Crippen molar-refractivity contribution < 1.29 is 13.5 Å². The predicted molar refractivity (Wildman–Crippen MR) is 85.1 cm³/mol. The fraction of sp³-hybridized carbons (Fsp3) is 0.286. The number of sulfonamides is 1. The predicted octanol–water partition coefficient (Wildman–Crippen LogP) is 2.93. The Morgan fingerprint density at radius 1 is 1.33 bits per heavy atom. The molecule has 0 aliphatic carbocycles. The van der Waals surface area contributed by atoms with Crippen molar-refractivity contribution >= 4 is 33.0 Å². The van der Waals surface area contributed by atoms with Crippen LogP contribution in [0.4, 0.5) is 0 Å². The van der Waals surface area contributed by atoms with E-state index < -0.39 is 10.0 Å². The second-order valence-corrected chi connectivity index (χ2v) is 7.61. The molecule has 0 spiro atoms. The SMILES string of the molecule is CCc1ccsc1CNS(=O)(=O)c1cc(CO)ccc1Cl. The van der Waals surface area contributed by atoms with Gasteiger partial charge in [0, 0.05) is 11.4 Å². The Morgan fingerprint density at radius 3 is 2.76 bits per heavy atom. The van der Waals surface area contributed by atoms with E-state index in [1.165, 1.54) is 23.5 Å². The summed E-state index contributed by atoms with van der Waals surface area (Å²) in [5.74, 6) is 0. The van der Waals surface area contributed by atoms with Crippen LogP contribution in [0.1, 0.15) is 22.9 Å². The third-order valence-corrected chi connectivity index (χ3v) is 5.96. The summed E-state index contributed by atoms with van der Waals surface area (Å²) >= 11 is 7.48. The second kappa shape index (κ2) is 6.89. The van der Waals surface area contributed by atoms with Crippen molar-refractivity contribution in [2.75, 3.05) is 0 Å². The molecule has 0 bridgehead atoms. The first-order valence-electron chi connectivity index (χ1n) is 6.42. The van der Waals surface area contributed by atoms with E-state index in [1.807, 2.05) is 18.4 Å². The summed E-state index contributed by atoms with van der Waals surface area (Å²) in [6, 6.07) is 6.45. The first-order chi connectivity index (χ1) is 9.97. The van der Waals surface area contributed by atoms with Crippen molar-refractivity contribution in [1.29, 1.82) is 0 Å². The highest BCUT2D eigenvalue weighted by atomic mass is 35.5. The molecule has 114 valence electrons. The number of halogens is 1. The van der Waals surface area contributed by atoms with Gasteiger partial charge in [0.25, 0.3) is 0 Å². The highest BCUT2D eigenvalue weighted by molar-refractivity contribution is 7.89. The van der Waals surface area contributed by atoms with Crippen LogP contribution >= 0.6 is 22.9 Å². The Kier molecular flexibility index (Phi) is 5.40. The molecule has 2 aromatic rings. The number of nitrogens with one attached hydrogen (secondary N) is 1. The highest BCUT2D eigenvalue weighted by Gasteiger charge is 2.19. The summed E-state index contributed by atoms with van der Waals surface area (Å²) in [7, 11) is -3.71. The number of hydrogen-bond acceptors (Lipinski definition) is 4. The van der Waals surface area contributed by atoms with E-state index in [1.54, 1.807) is 6.07 Å². The van der Waals surface area contributed by atoms with Gasteiger partial charge in [0.15, 0.2) is 0 Å². The quantitative estimate of drug-likeness (QED) is 0.846. The zero-order chi connectivity index (χ0) is 15.5. The largest absolute Gasteiger partial charge is 0.392 e. The normalized spacial score (nSPS) is 11.8. The van der Waals surface area contributed by atoms with Crippen LogP contribution in [-0.4, -0.2) is 13.5 Å². The summed E-state index contributed by atoms with van der Waals surface area (Å²) < 4.78 is 27.2. The average Bonchev–Trinajstić information content (AvgIpc) is 2.93. The van der Waals surface area contributed by atoms with Gasteiger partial charge in [-0.1, -0.05) is 24.6 Å². The molecule has 0 aliphatic heterocycles. The zero-order valence-electron chi connectivity index (χ0n) is 11.5. The van der Waals surface area contributed by atoms with Crippen molar-refractivity contribution in [2.45, 2.75) is 31.4 Å². The molecule has 4 nitrogen and oxygen atoms in total. The first-order valence-corrected chi connectivity index (χ1v) is 9.16. The second-order valence-electron chi connectivity index (χ2n) is 4.47. The molecule has 0 unspecified atom stereocenters. The number of aliphatic hydroxyl groups is 1. The fourth-order valence-electron chi connectivity index (χ4n) is 1.93. The molecule has 7 heteroatoms. The maximum absolute atomic E-state index is 12.3. The van der Waals surface area contributed by atoms with Crippen LogP contribution in [0.25, 0.3) is 0 Å². The maximum atomic E-state index is 12.3. The summed E-state index contributed by atoms with van der Waals surface area (Å²) in [6.45, 7) is 2.04. The van der Waals surface area contributed by atoms with Gasteiger partial charge in [-0.15, -0.1) is 11.3 Å². The van der Waals surface area contributed by atoms with E-state index in [9.17, 15) is 8.42 Å². The molecule has 0 fully saturated rings. The molecule has 0 atom stereocenters. The van der Waals surface area contributed by atoms with Crippen LogP contribution in [0.2, 0.25) is 5.02 Å². The van der Waals surface area contributed by atoms with Crippen LogP contribution in [0.5, 0.6) is 0 Å². The van der Waals surface area contributed by atoms with Gasteiger partial charge in [-0.2, -0.15) is 0 Å². The summed E-state index contributed by atoms with van der Waals surface area (Å²) in [6.07, 6.45) is 0.862. The van der Waals surface area contributed by atoms with E-state index in [0.29, 0.717) is 5.56 Å². The molecule has 2 N–H and O–H groups in total. The van der Waals surface area contributed by atoms with Crippen LogP contribution in [0.15, 0.2) is 34.5 Å². The molecular weight excluding hydrogens is 330 g/mol. The van der Waals surface area contributed by atoms with Crippen molar-refractivity contribution in [3.05, 3.63) is 50.7 Å². The van der Waals surface area contributed by atoms with E-state index >= 15 is 0 Å². The molecule has 1 aromatic heterocycles. The number of rotatable bonds is 6. The molecule has 0 amide bonds. The third kappa shape index (κ3) is 3.84. The Labute approximate surface area is 133 Å². The smallest absolute Gasteiger partial charge is 0.242 e. The summed E-state index contributed by atoms with van der Waals surface area (Å²) in [4.78, 5) is 0.987. The van der Waals surface area contributed by atoms with Gasteiger partial charge >= 0.3 is 0 Å². The minimum absolute atomic E-state index is 0.00896. The number of thiophene rings is 1. The molecule has 2 rings (SSSR count). The maximum Gasteiger partial charge on any atom is 0.242 e. The number of hydrogen-bond donors (Lipinski definition) is 2. The Bertz CT molecular complexity index is 726. The Hall–Kier alpha value is -0.920. The van der Waals surface area contributed by atoms with E-state index in [0.717, 1.165) is 16.9 Å². The van der Waals surface area contributed by atoms with Crippen LogP contribution < -0.4 is 4.72 Å². The minimum Gasteiger partial charge on any atom is -0.392 e.